The van der Waals surface area contributed by atoms with Crippen molar-refractivity contribution >= 4 is 29.7 Å². The number of nitrogens with one attached hydrogen (secondary N) is 1. The topological polar surface area (TPSA) is 107 Å². The van der Waals surface area contributed by atoms with Crippen molar-refractivity contribution in [1.82, 2.24) is 4.90 Å². The molecule has 4 aliphatic heterocycles. The largest absolute Gasteiger partial charge is 0.468 e. The lowest BCUT2D eigenvalue weighted by molar-refractivity contribution is -0.226. The Bertz CT molecular complexity index is 1440. The van der Waals surface area contributed by atoms with E-state index < -0.39 is 46.0 Å². The number of likely N-dealkylation sites (N-methyl/N-ethyl adjacent to an activating group) is 1. The number of esters is 3. The second kappa shape index (κ2) is 8.41. The van der Waals surface area contributed by atoms with Crippen molar-refractivity contribution < 1.29 is 33.3 Å². The fourth-order valence-electron chi connectivity index (χ4n) is 8.58. The van der Waals surface area contributed by atoms with Crippen molar-refractivity contribution in [2.45, 2.75) is 48.7 Å². The van der Waals surface area contributed by atoms with E-state index in [1.807, 2.05) is 68.6 Å². The van der Waals surface area contributed by atoms with Gasteiger partial charge in [0.1, 0.15) is 17.6 Å². The molecule has 2 bridgehead atoms. The SMILES string of the molecule is COC(=O)[C@]1(COC(=O)/C=C/c2ccccc2)[C@H]2C[C@H](N(C)C[C@@]23OC3C)[C@@]23Nc4ccccc4[C@]21CC(=O)O3. The number of epoxide rings is 1. The summed E-state index contributed by atoms with van der Waals surface area (Å²) in [5, 5.41) is 3.56. The number of carbonyl (C=O) groups is 3. The number of nitrogens with zero attached hydrogens (tertiary/aromatic N) is 1. The van der Waals surface area contributed by atoms with E-state index in [1.165, 1.54) is 13.2 Å². The number of likely N-dealkylation sites (tertiary alicyclic amines) is 1. The zero-order valence-electron chi connectivity index (χ0n) is 22.7. The first-order valence-electron chi connectivity index (χ1n) is 13.7. The van der Waals surface area contributed by atoms with Crippen LogP contribution in [-0.2, 0) is 38.7 Å². The van der Waals surface area contributed by atoms with Gasteiger partial charge in [-0.25, -0.2) is 4.79 Å². The van der Waals surface area contributed by atoms with Crippen LogP contribution < -0.4 is 5.32 Å². The molecule has 1 unspecified atom stereocenters. The third-order valence-electron chi connectivity index (χ3n) is 10.2. The van der Waals surface area contributed by atoms with Gasteiger partial charge in [0, 0.05) is 24.2 Å². The standard InChI is InChI=1S/C31H32N2O7/c1-19-29(39-19)17-33(2)24-15-23(29)28(27(36)37-3,18-38-25(34)14-13-20-9-5-4-6-10-20)30-16-26(35)40-31(24,30)32-22-12-8-7-11-21(22)30/h4-14,19,23-24,32H,15-18H2,1-3H3/b14-13+/t19?,23-,24+,28+,29+,30+,31+/m1/s1. The number of fused-ring (bicyclic) bond motifs is 4. The van der Waals surface area contributed by atoms with Gasteiger partial charge in [-0.2, -0.15) is 0 Å². The number of anilines is 1. The molecule has 208 valence electrons. The molecule has 2 aromatic rings. The molecule has 3 saturated heterocycles. The lowest BCUT2D eigenvalue weighted by Gasteiger charge is -2.64. The molecule has 7 rings (SSSR count). The van der Waals surface area contributed by atoms with Crippen LogP contribution in [-0.4, -0.2) is 73.6 Å². The third-order valence-corrected chi connectivity index (χ3v) is 10.2. The monoisotopic (exact) mass is 544 g/mol. The van der Waals surface area contributed by atoms with Crippen LogP contribution in [0.1, 0.15) is 30.9 Å². The van der Waals surface area contributed by atoms with E-state index >= 15 is 0 Å². The predicted octanol–water partition coefficient (Wildman–Crippen LogP) is 2.90. The van der Waals surface area contributed by atoms with Crippen LogP contribution in [0.3, 0.4) is 0 Å². The summed E-state index contributed by atoms with van der Waals surface area (Å²) < 4.78 is 24.2. The molecule has 1 aliphatic carbocycles. The van der Waals surface area contributed by atoms with Crippen LogP contribution >= 0.6 is 0 Å². The number of rotatable bonds is 5. The van der Waals surface area contributed by atoms with Gasteiger partial charge >= 0.3 is 17.9 Å². The first-order chi connectivity index (χ1) is 19.2. The number of benzene rings is 2. The van der Waals surface area contributed by atoms with Crippen molar-refractivity contribution in [2.24, 2.45) is 11.3 Å². The summed E-state index contributed by atoms with van der Waals surface area (Å²) in [4.78, 5) is 43.1. The number of para-hydroxylation sites is 1. The minimum absolute atomic E-state index is 0.0607. The summed E-state index contributed by atoms with van der Waals surface area (Å²) in [5.41, 5.74) is -2.15. The highest BCUT2D eigenvalue weighted by atomic mass is 16.6. The molecule has 0 radical (unpaired) electrons. The molecular formula is C31H32N2O7. The van der Waals surface area contributed by atoms with Crippen LogP contribution in [0.15, 0.2) is 60.7 Å². The average Bonchev–Trinajstić information content (AvgIpc) is 3.33. The van der Waals surface area contributed by atoms with Gasteiger partial charge < -0.3 is 24.3 Å². The Labute approximate surface area is 232 Å². The van der Waals surface area contributed by atoms with Crippen LogP contribution in [0.2, 0.25) is 0 Å². The molecule has 9 heteroatoms. The number of hydrogen-bond acceptors (Lipinski definition) is 9. The highest BCUT2D eigenvalue weighted by Gasteiger charge is 2.88. The molecule has 1 N–H and O–H groups in total. The number of methoxy groups -OCH3 is 1. The van der Waals surface area contributed by atoms with Gasteiger partial charge in [-0.05, 0) is 43.7 Å². The number of carbonyl (C=O) groups excluding carboxylic acids is 3. The lowest BCUT2D eigenvalue weighted by Crippen LogP contribution is -2.80. The minimum Gasteiger partial charge on any atom is -0.468 e. The van der Waals surface area contributed by atoms with E-state index in [9.17, 15) is 14.4 Å². The molecular weight excluding hydrogens is 512 g/mol. The smallest absolute Gasteiger partial charge is 0.330 e. The number of piperidine rings is 1. The average molecular weight is 545 g/mol. The molecule has 0 amide bonds. The maximum absolute atomic E-state index is 14.4. The van der Waals surface area contributed by atoms with E-state index in [0.717, 1.165) is 16.8 Å². The summed E-state index contributed by atoms with van der Waals surface area (Å²) >= 11 is 0. The zero-order valence-corrected chi connectivity index (χ0v) is 22.7. The van der Waals surface area contributed by atoms with Crippen LogP contribution in [0, 0.1) is 11.3 Å². The quantitative estimate of drug-likeness (QED) is 0.263. The second-order valence-electron chi connectivity index (χ2n) is 11.7. The normalized spacial score (nSPS) is 38.7. The summed E-state index contributed by atoms with van der Waals surface area (Å²) in [7, 11) is 3.35. The minimum atomic E-state index is -1.47. The fraction of sp³-hybridized carbons (Fsp3) is 0.452. The first-order valence-corrected chi connectivity index (χ1v) is 13.7. The molecule has 5 aliphatic rings. The van der Waals surface area contributed by atoms with E-state index in [1.54, 1.807) is 6.08 Å². The number of hydrogen-bond donors (Lipinski definition) is 1. The highest BCUT2D eigenvalue weighted by Crippen LogP contribution is 2.74. The number of ether oxygens (including phenoxy) is 4. The van der Waals surface area contributed by atoms with Crippen molar-refractivity contribution in [2.75, 3.05) is 32.6 Å². The summed E-state index contributed by atoms with van der Waals surface area (Å²) in [6.07, 6.45) is 3.34. The van der Waals surface area contributed by atoms with Gasteiger partial charge in [-0.3, -0.25) is 14.5 Å². The van der Waals surface area contributed by atoms with Crippen molar-refractivity contribution in [3.8, 4) is 0 Å². The first kappa shape index (κ1) is 25.3. The Morgan fingerprint density at radius 3 is 2.60 bits per heavy atom. The van der Waals surface area contributed by atoms with Crippen molar-refractivity contribution in [3.63, 3.8) is 0 Å². The molecule has 1 saturated carbocycles. The van der Waals surface area contributed by atoms with Crippen molar-refractivity contribution in [3.05, 3.63) is 71.8 Å². The Morgan fingerprint density at radius 1 is 1.15 bits per heavy atom. The van der Waals surface area contributed by atoms with Gasteiger partial charge in [0.25, 0.3) is 0 Å². The Hall–Kier alpha value is -3.69. The molecule has 4 heterocycles. The van der Waals surface area contributed by atoms with E-state index in [4.69, 9.17) is 18.9 Å². The molecule has 4 fully saturated rings. The van der Waals surface area contributed by atoms with Gasteiger partial charge in [0.15, 0.2) is 0 Å². The summed E-state index contributed by atoms with van der Waals surface area (Å²) in [6.45, 7) is 2.25. The summed E-state index contributed by atoms with van der Waals surface area (Å²) in [6, 6.07) is 16.8. The Balaban J connectivity index is 1.41. The maximum atomic E-state index is 14.4. The second-order valence-corrected chi connectivity index (χ2v) is 11.7. The van der Waals surface area contributed by atoms with Crippen LogP contribution in [0.4, 0.5) is 5.69 Å². The van der Waals surface area contributed by atoms with Gasteiger partial charge in [0.05, 0.1) is 31.1 Å². The van der Waals surface area contributed by atoms with Gasteiger partial charge in [-0.1, -0.05) is 48.5 Å². The zero-order chi connectivity index (χ0) is 27.9. The predicted molar refractivity (Wildman–Crippen MR) is 144 cm³/mol. The fourth-order valence-corrected chi connectivity index (χ4v) is 8.58. The van der Waals surface area contributed by atoms with Crippen LogP contribution in [0.5, 0.6) is 0 Å². The van der Waals surface area contributed by atoms with E-state index in [-0.39, 0.29) is 25.2 Å². The lowest BCUT2D eigenvalue weighted by atomic mass is 9.42. The molecule has 1 spiro atoms. The van der Waals surface area contributed by atoms with Crippen molar-refractivity contribution in [1.29, 1.82) is 0 Å². The van der Waals surface area contributed by atoms with E-state index in [0.29, 0.717) is 13.0 Å². The third kappa shape index (κ3) is 2.97. The van der Waals surface area contributed by atoms with E-state index in [2.05, 4.69) is 10.2 Å². The Kier molecular flexibility index (Phi) is 5.32. The van der Waals surface area contributed by atoms with Gasteiger partial charge in [-0.15, -0.1) is 0 Å². The molecule has 9 nitrogen and oxygen atoms in total. The molecule has 0 aromatic heterocycles. The van der Waals surface area contributed by atoms with Crippen LogP contribution in [0.25, 0.3) is 6.08 Å². The maximum Gasteiger partial charge on any atom is 0.330 e. The molecule has 2 aromatic carbocycles. The van der Waals surface area contributed by atoms with Gasteiger partial charge in [0.2, 0.25) is 5.72 Å². The summed E-state index contributed by atoms with van der Waals surface area (Å²) in [5.74, 6) is -1.94. The molecule has 7 atom stereocenters. The Morgan fingerprint density at radius 2 is 1.88 bits per heavy atom. The molecule has 40 heavy (non-hydrogen) atoms. The highest BCUT2D eigenvalue weighted by molar-refractivity contribution is 5.92.